The lowest BCUT2D eigenvalue weighted by molar-refractivity contribution is 0.102. The second-order valence-electron chi connectivity index (χ2n) is 6.09. The number of hydrogen-bond acceptors (Lipinski definition) is 5. The quantitative estimate of drug-likeness (QED) is 0.553. The molecule has 2 aromatic carbocycles. The first-order chi connectivity index (χ1) is 13.0. The molecule has 0 unspecified atom stereocenters. The van der Waals surface area contributed by atoms with Crippen LogP contribution in [0.15, 0.2) is 53.2 Å². The van der Waals surface area contributed by atoms with Gasteiger partial charge in [0.15, 0.2) is 17.3 Å². The van der Waals surface area contributed by atoms with E-state index in [1.807, 2.05) is 25.1 Å². The summed E-state index contributed by atoms with van der Waals surface area (Å²) < 4.78 is 5.55. The zero-order valence-corrected chi connectivity index (χ0v) is 15.4. The monoisotopic (exact) mass is 378 g/mol. The van der Waals surface area contributed by atoms with Crippen LogP contribution >= 0.6 is 11.6 Å². The molecule has 0 bridgehead atoms. The molecule has 0 spiro atoms. The molecular weight excluding hydrogens is 364 g/mol. The van der Waals surface area contributed by atoms with Gasteiger partial charge in [-0.05, 0) is 30.7 Å². The molecule has 27 heavy (non-hydrogen) atoms. The summed E-state index contributed by atoms with van der Waals surface area (Å²) in [6.07, 6.45) is 3.06. The Kier molecular flexibility index (Phi) is 4.33. The molecule has 0 aliphatic carbocycles. The molecule has 6 nitrogen and oxygen atoms in total. The molecule has 1 N–H and O–H groups in total. The molecule has 0 radical (unpaired) electrons. The van der Waals surface area contributed by atoms with E-state index in [0.717, 1.165) is 5.56 Å². The number of hydrogen-bond donors (Lipinski definition) is 1. The van der Waals surface area contributed by atoms with Gasteiger partial charge in [0.05, 0.1) is 23.1 Å². The SMILES string of the molecule is Cc1nc2cc(Cl)c(-c3cnc(NC(=O)c4ccccc4C)cn3)cc2o1. The van der Waals surface area contributed by atoms with Crippen LogP contribution in [0.4, 0.5) is 5.82 Å². The molecule has 0 aliphatic heterocycles. The minimum Gasteiger partial charge on any atom is -0.441 e. The summed E-state index contributed by atoms with van der Waals surface area (Å²) >= 11 is 6.35. The highest BCUT2D eigenvalue weighted by Crippen LogP contribution is 2.31. The summed E-state index contributed by atoms with van der Waals surface area (Å²) in [5, 5.41) is 3.25. The second-order valence-corrected chi connectivity index (χ2v) is 6.50. The number of benzene rings is 2. The van der Waals surface area contributed by atoms with Crippen LogP contribution < -0.4 is 5.32 Å². The molecule has 0 atom stereocenters. The standard InChI is InChI=1S/C20H15ClN4O2/c1-11-5-3-4-6-13(11)20(26)25-19-10-22-17(9-23-19)14-7-18-16(8-15(14)21)24-12(2)27-18/h3-10H,1-2H3,(H,23,25,26). The Morgan fingerprint density at radius 2 is 1.93 bits per heavy atom. The molecule has 4 rings (SSSR count). The summed E-state index contributed by atoms with van der Waals surface area (Å²) in [6.45, 7) is 3.66. The number of oxazole rings is 1. The normalized spacial score (nSPS) is 10.9. The summed E-state index contributed by atoms with van der Waals surface area (Å²) in [4.78, 5) is 25.3. The summed E-state index contributed by atoms with van der Waals surface area (Å²) in [7, 11) is 0. The lowest BCUT2D eigenvalue weighted by atomic mass is 10.1. The van der Waals surface area contributed by atoms with Crippen LogP contribution in [0, 0.1) is 13.8 Å². The van der Waals surface area contributed by atoms with Crippen molar-refractivity contribution in [2.75, 3.05) is 5.32 Å². The first-order valence-corrected chi connectivity index (χ1v) is 8.65. The van der Waals surface area contributed by atoms with Gasteiger partial charge in [0.2, 0.25) is 0 Å². The number of amides is 1. The molecule has 134 valence electrons. The Morgan fingerprint density at radius 1 is 1.11 bits per heavy atom. The third-order valence-corrected chi connectivity index (χ3v) is 4.46. The zero-order chi connectivity index (χ0) is 19.0. The minimum absolute atomic E-state index is 0.230. The Labute approximate surface area is 160 Å². The van der Waals surface area contributed by atoms with Gasteiger partial charge < -0.3 is 9.73 Å². The first kappa shape index (κ1) is 17.2. The van der Waals surface area contributed by atoms with Crippen molar-refractivity contribution in [1.29, 1.82) is 0 Å². The Hall–Kier alpha value is -3.25. The Morgan fingerprint density at radius 3 is 2.67 bits per heavy atom. The number of nitrogens with one attached hydrogen (secondary N) is 1. The van der Waals surface area contributed by atoms with Crippen molar-refractivity contribution in [1.82, 2.24) is 15.0 Å². The number of rotatable bonds is 3. The summed E-state index contributed by atoms with van der Waals surface area (Å²) in [5.74, 6) is 0.699. The second kappa shape index (κ2) is 6.81. The van der Waals surface area contributed by atoms with E-state index in [-0.39, 0.29) is 5.91 Å². The number of carbonyl (C=O) groups is 1. The molecule has 0 aliphatic rings. The average Bonchev–Trinajstić information content (AvgIpc) is 3.01. The van der Waals surface area contributed by atoms with Crippen molar-refractivity contribution in [3.8, 4) is 11.3 Å². The van der Waals surface area contributed by atoms with Crippen molar-refractivity contribution >= 4 is 34.4 Å². The predicted molar refractivity (Wildman–Crippen MR) is 104 cm³/mol. The van der Waals surface area contributed by atoms with Crippen LogP contribution in [-0.2, 0) is 0 Å². The van der Waals surface area contributed by atoms with Gasteiger partial charge in [0, 0.05) is 18.1 Å². The predicted octanol–water partition coefficient (Wildman–Crippen LogP) is 4.81. The molecule has 0 fully saturated rings. The Balaban J connectivity index is 1.60. The molecule has 0 saturated heterocycles. The minimum atomic E-state index is -0.230. The van der Waals surface area contributed by atoms with E-state index in [9.17, 15) is 4.79 Å². The van der Waals surface area contributed by atoms with Crippen LogP contribution in [0.1, 0.15) is 21.8 Å². The molecular formula is C20H15ClN4O2. The fourth-order valence-corrected chi connectivity index (χ4v) is 3.06. The number of fused-ring (bicyclic) bond motifs is 1. The maximum atomic E-state index is 12.4. The number of carbonyl (C=O) groups excluding carboxylic acids is 1. The lowest BCUT2D eigenvalue weighted by Crippen LogP contribution is -2.14. The van der Waals surface area contributed by atoms with Crippen LogP contribution in [-0.4, -0.2) is 20.9 Å². The Bertz CT molecular complexity index is 1150. The van der Waals surface area contributed by atoms with Crippen molar-refractivity contribution < 1.29 is 9.21 Å². The molecule has 2 heterocycles. The van der Waals surface area contributed by atoms with E-state index < -0.39 is 0 Å². The number of aromatic nitrogens is 3. The van der Waals surface area contributed by atoms with Crippen LogP contribution in [0.2, 0.25) is 5.02 Å². The number of halogens is 1. The largest absolute Gasteiger partial charge is 0.441 e. The van der Waals surface area contributed by atoms with Crippen LogP contribution in [0.25, 0.3) is 22.4 Å². The zero-order valence-electron chi connectivity index (χ0n) is 14.7. The van der Waals surface area contributed by atoms with Gasteiger partial charge in [0.1, 0.15) is 5.52 Å². The number of anilines is 1. The van der Waals surface area contributed by atoms with E-state index >= 15 is 0 Å². The first-order valence-electron chi connectivity index (χ1n) is 8.27. The van der Waals surface area contributed by atoms with Gasteiger partial charge in [-0.15, -0.1) is 0 Å². The molecule has 0 saturated carbocycles. The maximum Gasteiger partial charge on any atom is 0.257 e. The molecule has 4 aromatic rings. The fraction of sp³-hybridized carbons (Fsp3) is 0.100. The van der Waals surface area contributed by atoms with E-state index in [1.54, 1.807) is 31.3 Å². The fourth-order valence-electron chi connectivity index (χ4n) is 2.80. The third kappa shape index (κ3) is 3.39. The molecule has 2 aromatic heterocycles. The van der Waals surface area contributed by atoms with Crippen molar-refractivity contribution in [2.24, 2.45) is 0 Å². The molecule has 7 heteroatoms. The van der Waals surface area contributed by atoms with Gasteiger partial charge in [-0.2, -0.15) is 0 Å². The summed E-state index contributed by atoms with van der Waals surface area (Å²) in [6, 6.07) is 10.9. The lowest BCUT2D eigenvalue weighted by Gasteiger charge is -2.08. The smallest absolute Gasteiger partial charge is 0.257 e. The van der Waals surface area contributed by atoms with Crippen molar-refractivity contribution in [3.05, 3.63) is 70.8 Å². The highest BCUT2D eigenvalue weighted by molar-refractivity contribution is 6.34. The van der Waals surface area contributed by atoms with Crippen molar-refractivity contribution in [3.63, 3.8) is 0 Å². The third-order valence-electron chi connectivity index (χ3n) is 4.14. The van der Waals surface area contributed by atoms with Crippen molar-refractivity contribution in [2.45, 2.75) is 13.8 Å². The maximum absolute atomic E-state index is 12.4. The number of nitrogens with zero attached hydrogens (tertiary/aromatic N) is 3. The summed E-state index contributed by atoms with van der Waals surface area (Å²) in [5.41, 5.74) is 4.07. The molecule has 1 amide bonds. The van der Waals surface area contributed by atoms with Gasteiger partial charge in [0.25, 0.3) is 5.91 Å². The van der Waals surface area contributed by atoms with Gasteiger partial charge in [-0.3, -0.25) is 9.78 Å². The van der Waals surface area contributed by atoms with Gasteiger partial charge >= 0.3 is 0 Å². The van der Waals surface area contributed by atoms with E-state index in [0.29, 0.717) is 44.7 Å². The topological polar surface area (TPSA) is 80.9 Å². The van der Waals surface area contributed by atoms with Gasteiger partial charge in [-0.25, -0.2) is 9.97 Å². The average molecular weight is 379 g/mol. The van der Waals surface area contributed by atoms with Gasteiger partial charge in [-0.1, -0.05) is 29.8 Å². The van der Waals surface area contributed by atoms with Crippen LogP contribution in [0.3, 0.4) is 0 Å². The highest BCUT2D eigenvalue weighted by atomic mass is 35.5. The van der Waals surface area contributed by atoms with E-state index in [1.165, 1.54) is 6.20 Å². The van der Waals surface area contributed by atoms with E-state index in [4.69, 9.17) is 16.0 Å². The number of aryl methyl sites for hydroxylation is 2. The van der Waals surface area contributed by atoms with Crippen LogP contribution in [0.5, 0.6) is 0 Å². The highest BCUT2D eigenvalue weighted by Gasteiger charge is 2.13. The van der Waals surface area contributed by atoms with E-state index in [2.05, 4.69) is 20.3 Å².